The topological polar surface area (TPSA) is 70.0 Å². The molecule has 0 amide bonds. The van der Waals surface area contributed by atoms with Gasteiger partial charge in [0.05, 0.1) is 12.6 Å². The molecule has 1 aliphatic carbocycles. The van der Waals surface area contributed by atoms with Crippen LogP contribution in [0.15, 0.2) is 23.3 Å². The summed E-state index contributed by atoms with van der Waals surface area (Å²) in [5, 5.41) is 13.0. The van der Waals surface area contributed by atoms with Gasteiger partial charge in [0, 0.05) is 31.9 Å². The van der Waals surface area contributed by atoms with E-state index in [1.54, 1.807) is 0 Å². The van der Waals surface area contributed by atoms with Crippen LogP contribution in [0.4, 0.5) is 0 Å². The average molecular weight is 460 g/mol. The highest BCUT2D eigenvalue weighted by Crippen LogP contribution is 2.23. The number of hydrogen-bond acceptors (Lipinski definition) is 4. The summed E-state index contributed by atoms with van der Waals surface area (Å²) < 4.78 is 5.89. The third kappa shape index (κ3) is 5.99. The molecule has 1 aromatic heterocycles. The van der Waals surface area contributed by atoms with E-state index in [1.165, 1.54) is 12.8 Å². The lowest BCUT2D eigenvalue weighted by molar-refractivity contribution is 0.187. The van der Waals surface area contributed by atoms with Crippen molar-refractivity contribution in [3.05, 3.63) is 23.9 Å². The molecule has 25 heavy (non-hydrogen) atoms. The molecule has 1 atom stereocenters. The third-order valence-corrected chi connectivity index (χ3v) is 4.60. The Morgan fingerprint density at radius 2 is 2.16 bits per heavy atom. The first-order valence-corrected chi connectivity index (χ1v) is 9.07. The van der Waals surface area contributed by atoms with E-state index in [2.05, 4.69) is 27.1 Å². The number of nitrogens with one attached hydrogen (secondary N) is 1. The molecule has 7 heteroatoms. The smallest absolute Gasteiger partial charge is 0.213 e. The second-order valence-corrected chi connectivity index (χ2v) is 6.59. The lowest BCUT2D eigenvalue weighted by Gasteiger charge is -2.20. The molecule has 0 spiro atoms. The fraction of sp³-hybridized carbons (Fsp3) is 0.667. The quantitative estimate of drug-likeness (QED) is 0.402. The second kappa shape index (κ2) is 10.2. The van der Waals surface area contributed by atoms with Crippen LogP contribution >= 0.6 is 24.0 Å². The number of aromatic nitrogens is 1. The molecule has 2 fully saturated rings. The van der Waals surface area contributed by atoms with E-state index in [4.69, 9.17) is 4.74 Å². The maximum atomic E-state index is 9.70. The average Bonchev–Trinajstić information content (AvgIpc) is 3.24. The van der Waals surface area contributed by atoms with Crippen LogP contribution in [0.2, 0.25) is 0 Å². The number of guanidine groups is 1. The zero-order valence-electron chi connectivity index (χ0n) is 14.9. The minimum atomic E-state index is -0.248. The van der Waals surface area contributed by atoms with Gasteiger partial charge in [-0.25, -0.2) is 9.98 Å². The number of rotatable bonds is 5. The van der Waals surface area contributed by atoms with Crippen LogP contribution in [0.3, 0.4) is 0 Å². The Bertz CT molecular complexity index is 547. The fourth-order valence-corrected chi connectivity index (χ4v) is 3.28. The van der Waals surface area contributed by atoms with Gasteiger partial charge in [-0.05, 0) is 44.6 Å². The molecule has 2 N–H and O–H groups in total. The summed E-state index contributed by atoms with van der Waals surface area (Å²) in [5.41, 5.74) is 1.06. The van der Waals surface area contributed by atoms with Crippen LogP contribution < -0.4 is 10.1 Å². The van der Waals surface area contributed by atoms with Crippen LogP contribution in [0.25, 0.3) is 0 Å². The van der Waals surface area contributed by atoms with Crippen LogP contribution in [0.5, 0.6) is 5.88 Å². The van der Waals surface area contributed by atoms with Gasteiger partial charge >= 0.3 is 0 Å². The first-order chi connectivity index (χ1) is 11.7. The van der Waals surface area contributed by atoms with Gasteiger partial charge in [0.2, 0.25) is 5.88 Å². The van der Waals surface area contributed by atoms with Crippen LogP contribution in [-0.2, 0) is 6.54 Å². The molecule has 1 aromatic rings. The number of ether oxygens (including phenoxy) is 1. The van der Waals surface area contributed by atoms with Crippen molar-refractivity contribution >= 4 is 29.9 Å². The van der Waals surface area contributed by atoms with Crippen molar-refractivity contribution in [2.24, 2.45) is 4.99 Å². The molecule has 140 valence electrons. The molecule has 2 aliphatic rings. The molecule has 3 rings (SSSR count). The summed E-state index contributed by atoms with van der Waals surface area (Å²) in [7, 11) is 0. The molecule has 0 radical (unpaired) electrons. The number of likely N-dealkylation sites (tertiary alicyclic amines) is 1. The second-order valence-electron chi connectivity index (χ2n) is 6.59. The van der Waals surface area contributed by atoms with Crippen molar-refractivity contribution in [1.82, 2.24) is 15.2 Å². The monoisotopic (exact) mass is 460 g/mol. The molecule has 0 unspecified atom stereocenters. The van der Waals surface area contributed by atoms with Gasteiger partial charge in [-0.1, -0.05) is 6.07 Å². The van der Waals surface area contributed by atoms with E-state index < -0.39 is 0 Å². The van der Waals surface area contributed by atoms with Crippen molar-refractivity contribution in [1.29, 1.82) is 0 Å². The van der Waals surface area contributed by atoms with E-state index >= 15 is 0 Å². The summed E-state index contributed by atoms with van der Waals surface area (Å²) in [6.07, 6.45) is 7.54. The number of aliphatic hydroxyl groups is 1. The van der Waals surface area contributed by atoms with E-state index in [0.717, 1.165) is 43.9 Å². The largest absolute Gasteiger partial charge is 0.474 e. The molecule has 0 aromatic carbocycles. The molecule has 1 aliphatic heterocycles. The van der Waals surface area contributed by atoms with E-state index in [0.29, 0.717) is 25.1 Å². The molecular weight excluding hydrogens is 431 g/mol. The maximum Gasteiger partial charge on any atom is 0.213 e. The Morgan fingerprint density at radius 1 is 1.36 bits per heavy atom. The Labute approximate surface area is 167 Å². The number of aliphatic imine (C=N–C) groups is 1. The van der Waals surface area contributed by atoms with Crippen molar-refractivity contribution in [2.45, 2.75) is 57.8 Å². The number of pyridine rings is 1. The van der Waals surface area contributed by atoms with E-state index in [1.807, 2.05) is 18.3 Å². The van der Waals surface area contributed by atoms with Crippen LogP contribution in [0.1, 0.15) is 44.6 Å². The lowest BCUT2D eigenvalue weighted by Crippen LogP contribution is -2.40. The molecule has 2 heterocycles. The van der Waals surface area contributed by atoms with Gasteiger partial charge in [0.25, 0.3) is 0 Å². The summed E-state index contributed by atoms with van der Waals surface area (Å²) in [6, 6.07) is 3.97. The van der Waals surface area contributed by atoms with Crippen molar-refractivity contribution in [3.8, 4) is 5.88 Å². The Kier molecular flexibility index (Phi) is 8.21. The lowest BCUT2D eigenvalue weighted by atomic mass is 10.3. The third-order valence-electron chi connectivity index (χ3n) is 4.60. The first kappa shape index (κ1) is 20.2. The van der Waals surface area contributed by atoms with Gasteiger partial charge < -0.3 is 20.1 Å². The molecule has 6 nitrogen and oxygen atoms in total. The van der Waals surface area contributed by atoms with Crippen molar-refractivity contribution in [2.75, 3.05) is 19.6 Å². The Morgan fingerprint density at radius 3 is 2.76 bits per heavy atom. The standard InChI is InChI=1S/C18H28N4O2.HI/c1-2-19-18(22-10-9-15(23)13-22)21-12-14-7-8-17(20-11-14)24-16-5-3-4-6-16;/h7-8,11,15-16,23H,2-6,9-10,12-13H2,1H3,(H,19,21);1H/t15-;/m1./s1. The molecule has 1 saturated heterocycles. The summed E-state index contributed by atoms with van der Waals surface area (Å²) in [5.74, 6) is 1.57. The minimum absolute atomic E-state index is 0. The fourth-order valence-electron chi connectivity index (χ4n) is 3.28. The minimum Gasteiger partial charge on any atom is -0.474 e. The van der Waals surface area contributed by atoms with Gasteiger partial charge in [-0.15, -0.1) is 24.0 Å². The van der Waals surface area contributed by atoms with E-state index in [-0.39, 0.29) is 30.1 Å². The van der Waals surface area contributed by atoms with Crippen LogP contribution in [-0.4, -0.2) is 52.8 Å². The predicted octanol–water partition coefficient (Wildman–Crippen LogP) is 2.55. The predicted molar refractivity (Wildman–Crippen MR) is 110 cm³/mol. The highest BCUT2D eigenvalue weighted by molar-refractivity contribution is 14.0. The van der Waals surface area contributed by atoms with Crippen LogP contribution in [0, 0.1) is 0 Å². The summed E-state index contributed by atoms with van der Waals surface area (Å²) in [4.78, 5) is 11.2. The zero-order valence-corrected chi connectivity index (χ0v) is 17.2. The Balaban J connectivity index is 0.00000225. The summed E-state index contributed by atoms with van der Waals surface area (Å²) in [6.45, 7) is 4.94. The summed E-state index contributed by atoms with van der Waals surface area (Å²) >= 11 is 0. The Hall–Kier alpha value is -1.09. The van der Waals surface area contributed by atoms with Crippen molar-refractivity contribution in [3.63, 3.8) is 0 Å². The number of hydrogen-bond donors (Lipinski definition) is 2. The number of halogens is 1. The van der Waals surface area contributed by atoms with Gasteiger partial charge in [0.1, 0.15) is 6.10 Å². The van der Waals surface area contributed by atoms with Gasteiger partial charge in [0.15, 0.2) is 5.96 Å². The highest BCUT2D eigenvalue weighted by atomic mass is 127. The zero-order chi connectivity index (χ0) is 16.8. The number of nitrogens with zero attached hydrogens (tertiary/aromatic N) is 3. The van der Waals surface area contributed by atoms with Gasteiger partial charge in [-0.3, -0.25) is 0 Å². The van der Waals surface area contributed by atoms with E-state index in [9.17, 15) is 5.11 Å². The molecule has 1 saturated carbocycles. The first-order valence-electron chi connectivity index (χ1n) is 9.07. The van der Waals surface area contributed by atoms with Crippen molar-refractivity contribution < 1.29 is 9.84 Å². The molecule has 0 bridgehead atoms. The highest BCUT2D eigenvalue weighted by Gasteiger charge is 2.22. The SMILES string of the molecule is CCNC(=NCc1ccc(OC2CCCC2)nc1)N1CC[C@@H](O)C1.I. The number of β-amino-alcohol motifs (C(OH)–C–C–N with tert-alkyl or cyclic N) is 1. The number of aliphatic hydroxyl groups excluding tert-OH is 1. The normalized spacial score (nSPS) is 21.3. The molecular formula is C18H29IN4O2. The van der Waals surface area contributed by atoms with Gasteiger partial charge in [-0.2, -0.15) is 0 Å². The maximum absolute atomic E-state index is 9.70.